The van der Waals surface area contributed by atoms with E-state index in [4.69, 9.17) is 27.9 Å². The fourth-order valence-corrected chi connectivity index (χ4v) is 3.50. The Kier molecular flexibility index (Phi) is 5.41. The summed E-state index contributed by atoms with van der Waals surface area (Å²) >= 11 is 12.1. The van der Waals surface area contributed by atoms with Gasteiger partial charge in [0.05, 0.1) is 22.8 Å². The zero-order chi connectivity index (χ0) is 14.7. The number of ether oxygens (including phenoxy) is 1. The highest BCUT2D eigenvalue weighted by Crippen LogP contribution is 2.23. The van der Waals surface area contributed by atoms with E-state index in [1.165, 1.54) is 31.5 Å². The van der Waals surface area contributed by atoms with Gasteiger partial charge in [-0.1, -0.05) is 29.3 Å². The third-order valence-electron chi connectivity index (χ3n) is 4.27. The Labute approximate surface area is 136 Å². The van der Waals surface area contributed by atoms with E-state index < -0.39 is 0 Å². The van der Waals surface area contributed by atoms with Crippen molar-refractivity contribution >= 4 is 23.2 Å². The Morgan fingerprint density at radius 2 is 1.86 bits per heavy atom. The molecule has 5 heteroatoms. The first-order valence-electron chi connectivity index (χ1n) is 7.71. The summed E-state index contributed by atoms with van der Waals surface area (Å²) in [5, 5.41) is 1.25. The van der Waals surface area contributed by atoms with E-state index in [0.29, 0.717) is 16.1 Å². The molecule has 0 saturated carbocycles. The van der Waals surface area contributed by atoms with Crippen molar-refractivity contribution in [2.75, 3.05) is 39.3 Å². The summed E-state index contributed by atoms with van der Waals surface area (Å²) < 4.78 is 5.92. The molecule has 0 aromatic heterocycles. The number of rotatable bonds is 4. The number of hydrogen-bond donors (Lipinski definition) is 0. The standard InChI is InChI=1S/C16H22Cl2N2O/c17-15-4-3-13(9-16(15)18)10-20-7-8-21-14(12-20)11-19-5-1-2-6-19/h3-4,9,14H,1-2,5-8,10-12H2/t14-/m0/s1. The highest BCUT2D eigenvalue weighted by atomic mass is 35.5. The van der Waals surface area contributed by atoms with Crippen LogP contribution in [-0.4, -0.2) is 55.2 Å². The van der Waals surface area contributed by atoms with Crippen LogP contribution in [0.3, 0.4) is 0 Å². The summed E-state index contributed by atoms with van der Waals surface area (Å²) in [5.41, 5.74) is 1.21. The van der Waals surface area contributed by atoms with Crippen LogP contribution in [0.1, 0.15) is 18.4 Å². The highest BCUT2D eigenvalue weighted by Gasteiger charge is 2.24. The summed E-state index contributed by atoms with van der Waals surface area (Å²) in [6, 6.07) is 5.90. The number of likely N-dealkylation sites (tertiary alicyclic amines) is 1. The number of nitrogens with zero attached hydrogens (tertiary/aromatic N) is 2. The van der Waals surface area contributed by atoms with Crippen molar-refractivity contribution < 1.29 is 4.74 Å². The van der Waals surface area contributed by atoms with Crippen molar-refractivity contribution in [1.82, 2.24) is 9.80 Å². The van der Waals surface area contributed by atoms with Crippen LogP contribution in [-0.2, 0) is 11.3 Å². The van der Waals surface area contributed by atoms with Crippen LogP contribution in [0.15, 0.2) is 18.2 Å². The largest absolute Gasteiger partial charge is 0.374 e. The molecule has 0 aliphatic carbocycles. The van der Waals surface area contributed by atoms with Crippen molar-refractivity contribution in [3.8, 4) is 0 Å². The molecule has 2 heterocycles. The third-order valence-corrected chi connectivity index (χ3v) is 5.01. The topological polar surface area (TPSA) is 15.7 Å². The van der Waals surface area contributed by atoms with E-state index >= 15 is 0 Å². The van der Waals surface area contributed by atoms with Crippen LogP contribution >= 0.6 is 23.2 Å². The van der Waals surface area contributed by atoms with E-state index in [9.17, 15) is 0 Å². The molecule has 2 saturated heterocycles. The van der Waals surface area contributed by atoms with Crippen LogP contribution in [0.2, 0.25) is 10.0 Å². The molecule has 2 aliphatic heterocycles. The van der Waals surface area contributed by atoms with Crippen LogP contribution in [0.4, 0.5) is 0 Å². The van der Waals surface area contributed by atoms with Gasteiger partial charge in [0.2, 0.25) is 0 Å². The van der Waals surface area contributed by atoms with Gasteiger partial charge in [0.1, 0.15) is 0 Å². The van der Waals surface area contributed by atoms with Crippen molar-refractivity contribution in [3.63, 3.8) is 0 Å². The number of halogens is 2. The molecule has 0 spiro atoms. The molecule has 2 fully saturated rings. The molecule has 0 bridgehead atoms. The minimum atomic E-state index is 0.333. The molecular weight excluding hydrogens is 307 g/mol. The summed E-state index contributed by atoms with van der Waals surface area (Å²) in [6.07, 6.45) is 3.00. The van der Waals surface area contributed by atoms with Crippen LogP contribution < -0.4 is 0 Å². The molecular formula is C16H22Cl2N2O. The lowest BCUT2D eigenvalue weighted by atomic mass is 10.2. The molecule has 3 nitrogen and oxygen atoms in total. The molecule has 21 heavy (non-hydrogen) atoms. The monoisotopic (exact) mass is 328 g/mol. The second kappa shape index (κ2) is 7.30. The molecule has 2 aliphatic rings. The lowest BCUT2D eigenvalue weighted by molar-refractivity contribution is -0.0433. The Bertz CT molecular complexity index is 477. The Balaban J connectivity index is 1.54. The van der Waals surface area contributed by atoms with Crippen LogP contribution in [0.5, 0.6) is 0 Å². The Morgan fingerprint density at radius 3 is 2.62 bits per heavy atom. The second-order valence-corrected chi connectivity index (χ2v) is 6.80. The molecule has 1 aromatic carbocycles. The predicted octanol–water partition coefficient (Wildman–Crippen LogP) is 3.29. The Hall–Kier alpha value is -0.320. The smallest absolute Gasteiger partial charge is 0.0829 e. The first-order valence-corrected chi connectivity index (χ1v) is 8.46. The van der Waals surface area contributed by atoms with E-state index in [1.807, 2.05) is 12.1 Å². The second-order valence-electron chi connectivity index (χ2n) is 5.98. The summed E-state index contributed by atoms with van der Waals surface area (Å²) in [7, 11) is 0. The maximum Gasteiger partial charge on any atom is 0.0829 e. The normalized spacial score (nSPS) is 24.6. The Morgan fingerprint density at radius 1 is 1.05 bits per heavy atom. The van der Waals surface area contributed by atoms with E-state index in [1.54, 1.807) is 0 Å². The molecule has 0 radical (unpaired) electrons. The number of morpholine rings is 1. The van der Waals surface area contributed by atoms with Gasteiger partial charge in [0.15, 0.2) is 0 Å². The van der Waals surface area contributed by atoms with Gasteiger partial charge >= 0.3 is 0 Å². The van der Waals surface area contributed by atoms with Crippen molar-refractivity contribution in [3.05, 3.63) is 33.8 Å². The minimum absolute atomic E-state index is 0.333. The fourth-order valence-electron chi connectivity index (χ4n) is 3.18. The van der Waals surface area contributed by atoms with Crippen molar-refractivity contribution in [1.29, 1.82) is 0 Å². The summed E-state index contributed by atoms with van der Waals surface area (Å²) in [5.74, 6) is 0. The zero-order valence-electron chi connectivity index (χ0n) is 12.2. The van der Waals surface area contributed by atoms with E-state index in [2.05, 4.69) is 15.9 Å². The van der Waals surface area contributed by atoms with Crippen molar-refractivity contribution in [2.45, 2.75) is 25.5 Å². The maximum atomic E-state index is 6.09. The molecule has 116 valence electrons. The van der Waals surface area contributed by atoms with E-state index in [0.717, 1.165) is 32.8 Å². The minimum Gasteiger partial charge on any atom is -0.374 e. The fraction of sp³-hybridized carbons (Fsp3) is 0.625. The quantitative estimate of drug-likeness (QED) is 0.843. The van der Waals surface area contributed by atoms with Gasteiger partial charge in [-0.2, -0.15) is 0 Å². The molecule has 1 atom stereocenters. The van der Waals surface area contributed by atoms with E-state index in [-0.39, 0.29) is 0 Å². The lowest BCUT2D eigenvalue weighted by Gasteiger charge is -2.34. The molecule has 0 amide bonds. The van der Waals surface area contributed by atoms with Gasteiger partial charge in [-0.3, -0.25) is 4.90 Å². The number of hydrogen-bond acceptors (Lipinski definition) is 3. The predicted molar refractivity (Wildman–Crippen MR) is 87.2 cm³/mol. The van der Waals surface area contributed by atoms with Crippen molar-refractivity contribution in [2.24, 2.45) is 0 Å². The summed E-state index contributed by atoms with van der Waals surface area (Å²) in [6.45, 7) is 7.24. The van der Waals surface area contributed by atoms with Gasteiger partial charge in [0, 0.05) is 26.2 Å². The molecule has 1 aromatic rings. The summed E-state index contributed by atoms with van der Waals surface area (Å²) in [4.78, 5) is 4.97. The highest BCUT2D eigenvalue weighted by molar-refractivity contribution is 6.42. The number of benzene rings is 1. The molecule has 0 N–H and O–H groups in total. The van der Waals surface area contributed by atoms with Gasteiger partial charge < -0.3 is 9.64 Å². The maximum absolute atomic E-state index is 6.09. The zero-order valence-corrected chi connectivity index (χ0v) is 13.7. The lowest BCUT2D eigenvalue weighted by Crippen LogP contribution is -2.46. The van der Waals surface area contributed by atoms with Gasteiger partial charge in [0.25, 0.3) is 0 Å². The van der Waals surface area contributed by atoms with Gasteiger partial charge in [-0.25, -0.2) is 0 Å². The first kappa shape index (κ1) is 15.6. The van der Waals surface area contributed by atoms with Gasteiger partial charge in [-0.05, 0) is 43.6 Å². The first-order chi connectivity index (χ1) is 10.2. The average Bonchev–Trinajstić information content (AvgIpc) is 2.96. The van der Waals surface area contributed by atoms with Crippen LogP contribution in [0, 0.1) is 0 Å². The third kappa shape index (κ3) is 4.33. The van der Waals surface area contributed by atoms with Gasteiger partial charge in [-0.15, -0.1) is 0 Å². The SMILES string of the molecule is Clc1ccc(CN2CCO[C@@H](CN3CCCC3)C2)cc1Cl. The average molecular weight is 329 g/mol. The van der Waals surface area contributed by atoms with Crippen LogP contribution in [0.25, 0.3) is 0 Å². The molecule has 0 unspecified atom stereocenters. The molecule has 3 rings (SSSR count).